The van der Waals surface area contributed by atoms with E-state index in [9.17, 15) is 0 Å². The molecule has 0 aliphatic carbocycles. The third kappa shape index (κ3) is 3.63. The van der Waals surface area contributed by atoms with Crippen molar-refractivity contribution < 1.29 is 9.47 Å². The first-order valence-corrected chi connectivity index (χ1v) is 9.06. The SMILES string of the molecule is CC(C)Oc1cccc(-c2ccc3ncc(N4CCOCC4)nc3c2)c1. The van der Waals surface area contributed by atoms with Crippen LogP contribution in [-0.2, 0) is 4.74 Å². The molecule has 1 aromatic heterocycles. The van der Waals surface area contributed by atoms with E-state index in [1.807, 2.05) is 38.2 Å². The fraction of sp³-hybridized carbons (Fsp3) is 0.333. The summed E-state index contributed by atoms with van der Waals surface area (Å²) in [4.78, 5) is 11.6. The van der Waals surface area contributed by atoms with Gasteiger partial charge in [0, 0.05) is 13.1 Å². The van der Waals surface area contributed by atoms with Crippen LogP contribution in [0.25, 0.3) is 22.2 Å². The normalized spacial score (nSPS) is 14.8. The van der Waals surface area contributed by atoms with E-state index in [0.29, 0.717) is 0 Å². The molecule has 0 spiro atoms. The second-order valence-corrected chi connectivity index (χ2v) is 6.73. The van der Waals surface area contributed by atoms with Crippen molar-refractivity contribution in [3.63, 3.8) is 0 Å². The summed E-state index contributed by atoms with van der Waals surface area (Å²) in [5, 5.41) is 0. The van der Waals surface area contributed by atoms with Crippen molar-refractivity contribution in [1.82, 2.24) is 9.97 Å². The zero-order chi connectivity index (χ0) is 17.9. The van der Waals surface area contributed by atoms with Gasteiger partial charge in [-0.25, -0.2) is 4.98 Å². The lowest BCUT2D eigenvalue weighted by Gasteiger charge is -2.27. The maximum Gasteiger partial charge on any atom is 0.148 e. The summed E-state index contributed by atoms with van der Waals surface area (Å²) in [6.45, 7) is 7.25. The lowest BCUT2D eigenvalue weighted by Crippen LogP contribution is -2.36. The van der Waals surface area contributed by atoms with Crippen molar-refractivity contribution in [2.24, 2.45) is 0 Å². The number of ether oxygens (including phenoxy) is 2. The molecule has 2 aromatic carbocycles. The fourth-order valence-corrected chi connectivity index (χ4v) is 3.15. The fourth-order valence-electron chi connectivity index (χ4n) is 3.15. The largest absolute Gasteiger partial charge is 0.491 e. The summed E-state index contributed by atoms with van der Waals surface area (Å²) in [5.41, 5.74) is 4.03. The molecule has 5 heteroatoms. The molecule has 0 unspecified atom stereocenters. The predicted octanol–water partition coefficient (Wildman–Crippen LogP) is 3.92. The van der Waals surface area contributed by atoms with Gasteiger partial charge in [-0.05, 0) is 49.2 Å². The average molecular weight is 349 g/mol. The topological polar surface area (TPSA) is 47.5 Å². The Hall–Kier alpha value is -2.66. The Balaban J connectivity index is 1.68. The Kier molecular flexibility index (Phi) is 4.71. The third-order valence-corrected chi connectivity index (χ3v) is 4.40. The minimum absolute atomic E-state index is 0.156. The quantitative estimate of drug-likeness (QED) is 0.714. The maximum absolute atomic E-state index is 5.82. The van der Waals surface area contributed by atoms with E-state index < -0.39 is 0 Å². The predicted molar refractivity (Wildman–Crippen MR) is 104 cm³/mol. The van der Waals surface area contributed by atoms with Gasteiger partial charge in [0.15, 0.2) is 0 Å². The van der Waals surface area contributed by atoms with Gasteiger partial charge in [0.05, 0.1) is 36.5 Å². The van der Waals surface area contributed by atoms with E-state index >= 15 is 0 Å². The number of morpholine rings is 1. The van der Waals surface area contributed by atoms with Crippen LogP contribution in [-0.4, -0.2) is 42.4 Å². The van der Waals surface area contributed by atoms with E-state index in [2.05, 4.69) is 34.1 Å². The van der Waals surface area contributed by atoms with E-state index in [4.69, 9.17) is 14.5 Å². The second-order valence-electron chi connectivity index (χ2n) is 6.73. The van der Waals surface area contributed by atoms with Gasteiger partial charge in [0.2, 0.25) is 0 Å². The number of anilines is 1. The van der Waals surface area contributed by atoms with E-state index in [-0.39, 0.29) is 6.10 Å². The van der Waals surface area contributed by atoms with Crippen LogP contribution in [0.2, 0.25) is 0 Å². The van der Waals surface area contributed by atoms with Crippen molar-refractivity contribution in [2.75, 3.05) is 31.2 Å². The number of rotatable bonds is 4. The second kappa shape index (κ2) is 7.30. The molecule has 1 aliphatic heterocycles. The van der Waals surface area contributed by atoms with Crippen LogP contribution >= 0.6 is 0 Å². The molecule has 134 valence electrons. The summed E-state index contributed by atoms with van der Waals surface area (Å²) in [7, 11) is 0. The molecule has 1 aliphatic rings. The van der Waals surface area contributed by atoms with Crippen molar-refractivity contribution in [2.45, 2.75) is 20.0 Å². The standard InChI is InChI=1S/C21H23N3O2/c1-15(2)26-18-5-3-4-16(12-18)17-6-7-19-20(13-17)23-21(14-22-19)24-8-10-25-11-9-24/h3-7,12-15H,8-11H2,1-2H3. The third-order valence-electron chi connectivity index (χ3n) is 4.40. The molecule has 0 bridgehead atoms. The number of fused-ring (bicyclic) bond motifs is 1. The Labute approximate surface area is 153 Å². The van der Waals surface area contributed by atoms with Crippen LogP contribution in [0, 0.1) is 0 Å². The van der Waals surface area contributed by atoms with Gasteiger partial charge in [0.1, 0.15) is 11.6 Å². The summed E-state index contributed by atoms with van der Waals surface area (Å²) < 4.78 is 11.2. The van der Waals surface area contributed by atoms with Crippen LogP contribution in [0.4, 0.5) is 5.82 Å². The number of hydrogen-bond donors (Lipinski definition) is 0. The van der Waals surface area contributed by atoms with Gasteiger partial charge in [-0.2, -0.15) is 0 Å². The van der Waals surface area contributed by atoms with Crippen LogP contribution in [0.5, 0.6) is 5.75 Å². The molecule has 2 heterocycles. The highest BCUT2D eigenvalue weighted by Gasteiger charge is 2.13. The lowest BCUT2D eigenvalue weighted by atomic mass is 10.0. The molecule has 0 radical (unpaired) electrons. The maximum atomic E-state index is 5.82. The molecule has 26 heavy (non-hydrogen) atoms. The molecule has 0 atom stereocenters. The number of aromatic nitrogens is 2. The Morgan fingerprint density at radius 1 is 1.00 bits per heavy atom. The first kappa shape index (κ1) is 16.8. The van der Waals surface area contributed by atoms with Gasteiger partial charge in [-0.15, -0.1) is 0 Å². The zero-order valence-electron chi connectivity index (χ0n) is 15.2. The summed E-state index contributed by atoms with van der Waals surface area (Å²) >= 11 is 0. The van der Waals surface area contributed by atoms with Crippen molar-refractivity contribution >= 4 is 16.9 Å². The first-order chi connectivity index (χ1) is 12.7. The van der Waals surface area contributed by atoms with Crippen LogP contribution in [0.1, 0.15) is 13.8 Å². The lowest BCUT2D eigenvalue weighted by molar-refractivity contribution is 0.122. The van der Waals surface area contributed by atoms with Crippen LogP contribution < -0.4 is 9.64 Å². The van der Waals surface area contributed by atoms with Gasteiger partial charge >= 0.3 is 0 Å². The van der Waals surface area contributed by atoms with Gasteiger partial charge < -0.3 is 14.4 Å². The molecule has 5 nitrogen and oxygen atoms in total. The molecular formula is C21H23N3O2. The Morgan fingerprint density at radius 2 is 1.81 bits per heavy atom. The van der Waals surface area contributed by atoms with Gasteiger partial charge in [-0.3, -0.25) is 4.98 Å². The Morgan fingerprint density at radius 3 is 2.62 bits per heavy atom. The average Bonchev–Trinajstić information content (AvgIpc) is 2.67. The number of nitrogens with zero attached hydrogens (tertiary/aromatic N) is 3. The molecule has 1 fully saturated rings. The van der Waals surface area contributed by atoms with E-state index in [1.54, 1.807) is 0 Å². The molecular weight excluding hydrogens is 326 g/mol. The summed E-state index contributed by atoms with van der Waals surface area (Å²) in [6, 6.07) is 14.4. The molecule has 4 rings (SSSR count). The highest BCUT2D eigenvalue weighted by Crippen LogP contribution is 2.27. The minimum Gasteiger partial charge on any atom is -0.491 e. The van der Waals surface area contributed by atoms with Crippen molar-refractivity contribution in [1.29, 1.82) is 0 Å². The summed E-state index contributed by atoms with van der Waals surface area (Å²) in [5.74, 6) is 1.79. The smallest absolute Gasteiger partial charge is 0.148 e. The monoisotopic (exact) mass is 349 g/mol. The molecule has 0 N–H and O–H groups in total. The highest BCUT2D eigenvalue weighted by atomic mass is 16.5. The molecule has 0 amide bonds. The molecule has 0 saturated carbocycles. The Bertz CT molecular complexity index is 905. The van der Waals surface area contributed by atoms with Crippen molar-refractivity contribution in [3.05, 3.63) is 48.7 Å². The van der Waals surface area contributed by atoms with Gasteiger partial charge in [-0.1, -0.05) is 18.2 Å². The minimum atomic E-state index is 0.156. The van der Waals surface area contributed by atoms with Crippen LogP contribution in [0.15, 0.2) is 48.7 Å². The number of hydrogen-bond acceptors (Lipinski definition) is 5. The molecule has 3 aromatic rings. The highest BCUT2D eigenvalue weighted by molar-refractivity contribution is 5.82. The van der Waals surface area contributed by atoms with E-state index in [1.165, 1.54) is 0 Å². The van der Waals surface area contributed by atoms with Crippen LogP contribution in [0.3, 0.4) is 0 Å². The number of benzene rings is 2. The van der Waals surface area contributed by atoms with E-state index in [0.717, 1.165) is 60.0 Å². The zero-order valence-corrected chi connectivity index (χ0v) is 15.2. The van der Waals surface area contributed by atoms with Crippen molar-refractivity contribution in [3.8, 4) is 16.9 Å². The first-order valence-electron chi connectivity index (χ1n) is 9.06. The summed E-state index contributed by atoms with van der Waals surface area (Å²) in [6.07, 6.45) is 2.01. The molecule has 1 saturated heterocycles. The van der Waals surface area contributed by atoms with Gasteiger partial charge in [0.25, 0.3) is 0 Å².